The van der Waals surface area contributed by atoms with Gasteiger partial charge in [-0.15, -0.1) is 0 Å². The summed E-state index contributed by atoms with van der Waals surface area (Å²) in [5, 5.41) is 3.20. The average Bonchev–Trinajstić information content (AvgIpc) is 3.54. The molecule has 3 aliphatic rings. The van der Waals surface area contributed by atoms with Crippen LogP contribution in [0.1, 0.15) is 49.3 Å². The highest BCUT2D eigenvalue weighted by molar-refractivity contribution is 5.91. The van der Waals surface area contributed by atoms with Crippen molar-refractivity contribution in [3.8, 4) is 16.9 Å². The Labute approximate surface area is 290 Å². The molecule has 5 aromatic heterocycles. The highest BCUT2D eigenvalue weighted by Crippen LogP contribution is 2.37. The first kappa shape index (κ1) is 32.2. The van der Waals surface area contributed by atoms with Crippen LogP contribution >= 0.6 is 0 Å². The summed E-state index contributed by atoms with van der Waals surface area (Å²) in [4.78, 5) is 53.9. The number of carbonyl (C=O) groups is 1. The molecular formula is C38H42N8O4. The van der Waals surface area contributed by atoms with Gasteiger partial charge in [0, 0.05) is 68.3 Å². The second-order valence-corrected chi connectivity index (χ2v) is 14.9. The number of piperazine rings is 1. The zero-order valence-electron chi connectivity index (χ0n) is 29.1. The molecule has 5 aromatic rings. The molecule has 0 bridgehead atoms. The molecule has 12 heteroatoms. The smallest absolute Gasteiger partial charge is 0.280 e. The Balaban J connectivity index is 1.08. The summed E-state index contributed by atoms with van der Waals surface area (Å²) in [6, 6.07) is 10.5. The molecule has 0 amide bonds. The topological polar surface area (TPSA) is 119 Å². The van der Waals surface area contributed by atoms with Gasteiger partial charge in [-0.25, -0.2) is 9.97 Å². The zero-order valence-corrected chi connectivity index (χ0v) is 29.1. The van der Waals surface area contributed by atoms with Crippen molar-refractivity contribution >= 4 is 29.0 Å². The predicted octanol–water partition coefficient (Wildman–Crippen LogP) is 4.22. The van der Waals surface area contributed by atoms with E-state index in [2.05, 4.69) is 52.8 Å². The molecule has 0 spiro atoms. The molecule has 2 aliphatic heterocycles. The Morgan fingerprint density at radius 2 is 1.76 bits per heavy atom. The van der Waals surface area contributed by atoms with Gasteiger partial charge >= 0.3 is 0 Å². The van der Waals surface area contributed by atoms with E-state index in [-0.39, 0.29) is 27.9 Å². The number of carbonyl (C=O) groups excluding carboxylic acids is 1. The number of pyridine rings is 3. The maximum atomic E-state index is 13.8. The van der Waals surface area contributed by atoms with Crippen molar-refractivity contribution in [1.29, 1.82) is 0 Å². The summed E-state index contributed by atoms with van der Waals surface area (Å²) in [5.74, 6) is 0.763. The summed E-state index contributed by atoms with van der Waals surface area (Å²) < 4.78 is 10.3. The van der Waals surface area contributed by atoms with Gasteiger partial charge < -0.3 is 23.9 Å². The number of hydrogen-bond acceptors (Lipinski definition) is 9. The fourth-order valence-electron chi connectivity index (χ4n) is 8.15. The lowest BCUT2D eigenvalue weighted by Gasteiger charge is -2.49. The third-order valence-electron chi connectivity index (χ3n) is 10.6. The molecule has 12 nitrogen and oxygen atoms in total. The van der Waals surface area contributed by atoms with Crippen LogP contribution in [0.4, 0.5) is 17.2 Å². The molecule has 0 unspecified atom stereocenters. The average molecular weight is 675 g/mol. The number of nitrogens with one attached hydrogen (secondary N) is 1. The molecule has 8 rings (SSSR count). The van der Waals surface area contributed by atoms with Gasteiger partial charge in [-0.3, -0.25) is 23.9 Å². The predicted molar refractivity (Wildman–Crippen MR) is 193 cm³/mol. The second kappa shape index (κ2) is 12.1. The van der Waals surface area contributed by atoms with Crippen molar-refractivity contribution in [2.24, 2.45) is 12.5 Å². The Hall–Kier alpha value is -5.07. The number of anilines is 3. The number of ether oxygens (including phenoxy) is 1. The Kier molecular flexibility index (Phi) is 7.76. The lowest BCUT2D eigenvalue weighted by Crippen LogP contribution is -2.62. The van der Waals surface area contributed by atoms with Gasteiger partial charge in [0.25, 0.3) is 11.1 Å². The minimum absolute atomic E-state index is 0.156. The van der Waals surface area contributed by atoms with E-state index in [1.54, 1.807) is 37.8 Å². The van der Waals surface area contributed by atoms with Crippen LogP contribution in [0, 0.1) is 5.41 Å². The van der Waals surface area contributed by atoms with Crippen LogP contribution in [-0.2, 0) is 24.6 Å². The number of aryl methyl sites for hydroxylation is 1. The van der Waals surface area contributed by atoms with E-state index in [0.29, 0.717) is 46.3 Å². The highest BCUT2D eigenvalue weighted by Gasteiger charge is 2.36. The molecule has 0 saturated carbocycles. The SMILES string of the molecule is C[C@H]1CN(C2COC2)C[C@H](C)N1c1ccc(Nc2cc(-c3ccnc(-n4ccn5c6c(cc5c4=O)CC(C)(C)C6)c3C=O)cn(C)c2=O)nc1. The quantitative estimate of drug-likeness (QED) is 0.253. The summed E-state index contributed by atoms with van der Waals surface area (Å²) in [6.07, 6.45) is 11.2. The Morgan fingerprint density at radius 3 is 2.44 bits per heavy atom. The normalized spacial score (nSPS) is 20.5. The van der Waals surface area contributed by atoms with E-state index >= 15 is 0 Å². The summed E-state index contributed by atoms with van der Waals surface area (Å²) in [5.41, 5.74) is 5.31. The van der Waals surface area contributed by atoms with Gasteiger partial charge in [0.2, 0.25) is 0 Å². The summed E-state index contributed by atoms with van der Waals surface area (Å²) >= 11 is 0. The fraction of sp³-hybridized carbons (Fsp3) is 0.395. The number of hydrogen-bond donors (Lipinski definition) is 1. The van der Waals surface area contributed by atoms with Crippen molar-refractivity contribution in [3.63, 3.8) is 0 Å². The minimum Gasteiger partial charge on any atom is -0.378 e. The summed E-state index contributed by atoms with van der Waals surface area (Å²) in [6.45, 7) is 12.5. The first-order chi connectivity index (χ1) is 24.0. The monoisotopic (exact) mass is 674 g/mol. The molecule has 0 aromatic carbocycles. The van der Waals surface area contributed by atoms with E-state index in [1.165, 1.54) is 14.7 Å². The van der Waals surface area contributed by atoms with Crippen LogP contribution in [0.15, 0.2) is 70.9 Å². The molecule has 0 radical (unpaired) electrons. The Bertz CT molecular complexity index is 2240. The first-order valence-corrected chi connectivity index (χ1v) is 17.2. The van der Waals surface area contributed by atoms with Gasteiger partial charge in [0.1, 0.15) is 17.0 Å². The number of nitrogens with zero attached hydrogens (tertiary/aromatic N) is 7. The largest absolute Gasteiger partial charge is 0.378 e. The van der Waals surface area contributed by atoms with Gasteiger partial charge in [-0.1, -0.05) is 13.8 Å². The standard InChI is InChI=1S/C38H42N8O4/c1-23-17-43(28-21-50-22-28)18-24(2)46(23)27-6-7-34(40-16-27)41-31-12-26(19-42(5)36(31)48)29-8-9-39-35(30(29)20-47)45-11-10-44-32(37(45)49)13-25-14-38(3,4)15-33(25)44/h6-13,16,19-20,23-24,28H,14-15,17-18,21-22H2,1-5H3,(H,40,41)/t23-,24-/m0/s1. The van der Waals surface area contributed by atoms with Crippen LogP contribution < -0.4 is 21.3 Å². The molecular weight excluding hydrogens is 632 g/mol. The molecule has 2 saturated heterocycles. The van der Waals surface area contributed by atoms with Crippen molar-refractivity contribution in [1.82, 2.24) is 28.4 Å². The molecule has 1 aliphatic carbocycles. The zero-order chi connectivity index (χ0) is 34.9. The van der Waals surface area contributed by atoms with Crippen molar-refractivity contribution in [2.45, 2.75) is 58.7 Å². The van der Waals surface area contributed by atoms with E-state index in [0.717, 1.165) is 56.8 Å². The maximum Gasteiger partial charge on any atom is 0.280 e. The van der Waals surface area contributed by atoms with Crippen LogP contribution in [0.3, 0.4) is 0 Å². The summed E-state index contributed by atoms with van der Waals surface area (Å²) in [7, 11) is 1.67. The van der Waals surface area contributed by atoms with Crippen LogP contribution in [0.25, 0.3) is 22.5 Å². The highest BCUT2D eigenvalue weighted by atomic mass is 16.5. The first-order valence-electron chi connectivity index (χ1n) is 17.2. The molecule has 2 atom stereocenters. The number of aldehydes is 1. The molecule has 258 valence electrons. The number of aromatic nitrogens is 5. The van der Waals surface area contributed by atoms with E-state index < -0.39 is 0 Å². The van der Waals surface area contributed by atoms with Gasteiger partial charge in [-0.2, -0.15) is 0 Å². The fourth-order valence-corrected chi connectivity index (χ4v) is 8.15. The van der Waals surface area contributed by atoms with Crippen molar-refractivity contribution in [3.05, 3.63) is 98.8 Å². The lowest BCUT2D eigenvalue weighted by molar-refractivity contribution is -0.0726. The molecule has 7 heterocycles. The molecule has 1 N–H and O–H groups in total. The van der Waals surface area contributed by atoms with Crippen molar-refractivity contribution in [2.75, 3.05) is 36.5 Å². The Morgan fingerprint density at radius 1 is 0.980 bits per heavy atom. The van der Waals surface area contributed by atoms with Crippen LogP contribution in [0.2, 0.25) is 0 Å². The third kappa shape index (κ3) is 5.43. The van der Waals surface area contributed by atoms with Crippen LogP contribution in [0.5, 0.6) is 0 Å². The van der Waals surface area contributed by atoms with E-state index in [1.807, 2.05) is 35.0 Å². The van der Waals surface area contributed by atoms with Gasteiger partial charge in [0.05, 0.1) is 36.7 Å². The number of fused-ring (bicyclic) bond motifs is 3. The number of rotatable bonds is 7. The van der Waals surface area contributed by atoms with Gasteiger partial charge in [0.15, 0.2) is 12.1 Å². The second-order valence-electron chi connectivity index (χ2n) is 14.9. The van der Waals surface area contributed by atoms with Crippen LogP contribution in [-0.4, -0.2) is 79.1 Å². The minimum atomic E-state index is -0.247. The van der Waals surface area contributed by atoms with Gasteiger partial charge in [-0.05, 0) is 73.6 Å². The van der Waals surface area contributed by atoms with E-state index in [4.69, 9.17) is 4.74 Å². The third-order valence-corrected chi connectivity index (χ3v) is 10.6. The lowest BCUT2D eigenvalue weighted by atomic mass is 9.90. The van der Waals surface area contributed by atoms with E-state index in [9.17, 15) is 14.4 Å². The van der Waals surface area contributed by atoms with Crippen molar-refractivity contribution < 1.29 is 9.53 Å². The molecule has 50 heavy (non-hydrogen) atoms. The molecule has 2 fully saturated rings. The maximum absolute atomic E-state index is 13.8.